The molecule has 1 fully saturated rings. The Kier molecular flexibility index (Phi) is 5.94. The zero-order valence-corrected chi connectivity index (χ0v) is 15.9. The number of carbonyl (C=O) groups excluding carboxylic acids is 1. The lowest BCUT2D eigenvalue weighted by Crippen LogP contribution is -2.42. The molecule has 26 heavy (non-hydrogen) atoms. The monoisotopic (exact) mass is 351 g/mol. The van der Waals surface area contributed by atoms with Crippen LogP contribution in [0.15, 0.2) is 48.5 Å². The first-order chi connectivity index (χ1) is 12.6. The van der Waals surface area contributed by atoms with Gasteiger partial charge in [-0.05, 0) is 38.3 Å². The Labute approximate surface area is 156 Å². The van der Waals surface area contributed by atoms with E-state index in [1.54, 1.807) is 0 Å². The van der Waals surface area contributed by atoms with Crippen LogP contribution in [0.4, 0.5) is 4.79 Å². The quantitative estimate of drug-likeness (QED) is 0.772. The first-order valence-corrected chi connectivity index (χ1v) is 9.47. The van der Waals surface area contributed by atoms with E-state index in [1.807, 2.05) is 6.92 Å². The predicted octanol–water partition coefficient (Wildman–Crippen LogP) is 3.48. The number of hydrogen-bond donors (Lipinski definition) is 3. The molecular formula is C22H29N3O. The largest absolute Gasteiger partial charge is 0.338 e. The highest BCUT2D eigenvalue weighted by atomic mass is 16.2. The van der Waals surface area contributed by atoms with Crippen LogP contribution >= 0.6 is 0 Å². The van der Waals surface area contributed by atoms with Crippen molar-refractivity contribution in [3.8, 4) is 0 Å². The standard InChI is InChI=1S/C22H29N3O/c1-4-23-22(26)25-19-13-20(24-14-19)21(17-9-5-15(2)6-10-17)18-11-7-16(3)8-12-18/h5-12,19-21,24H,4,13-14H2,1-3H3,(H2,23,25,26)/t19-,20-/m1/s1. The van der Waals surface area contributed by atoms with Crippen molar-refractivity contribution in [2.75, 3.05) is 13.1 Å². The molecule has 3 N–H and O–H groups in total. The summed E-state index contributed by atoms with van der Waals surface area (Å²) in [5.41, 5.74) is 5.17. The van der Waals surface area contributed by atoms with Crippen LogP contribution in [0.5, 0.6) is 0 Å². The van der Waals surface area contributed by atoms with Crippen LogP contribution in [-0.2, 0) is 0 Å². The van der Waals surface area contributed by atoms with Crippen molar-refractivity contribution in [3.63, 3.8) is 0 Å². The summed E-state index contributed by atoms with van der Waals surface area (Å²) in [6, 6.07) is 18.0. The smallest absolute Gasteiger partial charge is 0.315 e. The molecule has 2 aromatic rings. The minimum absolute atomic E-state index is 0.0813. The van der Waals surface area contributed by atoms with E-state index in [1.165, 1.54) is 22.3 Å². The second-order valence-electron chi connectivity index (χ2n) is 7.25. The van der Waals surface area contributed by atoms with E-state index in [0.717, 1.165) is 13.0 Å². The van der Waals surface area contributed by atoms with Gasteiger partial charge in [-0.2, -0.15) is 0 Å². The van der Waals surface area contributed by atoms with Crippen LogP contribution in [0.25, 0.3) is 0 Å². The van der Waals surface area contributed by atoms with Gasteiger partial charge in [0.1, 0.15) is 0 Å². The fraction of sp³-hybridized carbons (Fsp3) is 0.409. The molecule has 0 radical (unpaired) electrons. The summed E-state index contributed by atoms with van der Waals surface area (Å²) in [4.78, 5) is 11.8. The maximum absolute atomic E-state index is 11.8. The molecule has 0 bridgehead atoms. The van der Waals surface area contributed by atoms with Crippen molar-refractivity contribution in [2.45, 2.75) is 45.2 Å². The van der Waals surface area contributed by atoms with Gasteiger partial charge in [0.2, 0.25) is 0 Å². The predicted molar refractivity (Wildman–Crippen MR) is 107 cm³/mol. The number of benzene rings is 2. The number of urea groups is 1. The Morgan fingerprint density at radius 1 is 1.04 bits per heavy atom. The minimum Gasteiger partial charge on any atom is -0.338 e. The van der Waals surface area contributed by atoms with Gasteiger partial charge in [-0.3, -0.25) is 0 Å². The summed E-state index contributed by atoms with van der Waals surface area (Å²) >= 11 is 0. The lowest BCUT2D eigenvalue weighted by molar-refractivity contribution is 0.238. The molecule has 1 aliphatic rings. The van der Waals surface area contributed by atoms with Crippen molar-refractivity contribution >= 4 is 6.03 Å². The summed E-state index contributed by atoms with van der Waals surface area (Å²) in [5.74, 6) is 0.275. The van der Waals surface area contributed by atoms with E-state index >= 15 is 0 Å². The lowest BCUT2D eigenvalue weighted by atomic mass is 9.83. The van der Waals surface area contributed by atoms with Gasteiger partial charge in [0.15, 0.2) is 0 Å². The highest BCUT2D eigenvalue weighted by molar-refractivity contribution is 5.74. The molecule has 1 saturated heterocycles. The van der Waals surface area contributed by atoms with E-state index in [4.69, 9.17) is 0 Å². The van der Waals surface area contributed by atoms with Crippen LogP contribution in [-0.4, -0.2) is 31.2 Å². The Bertz CT molecular complexity index is 679. The zero-order valence-electron chi connectivity index (χ0n) is 15.9. The topological polar surface area (TPSA) is 53.2 Å². The van der Waals surface area contributed by atoms with E-state index < -0.39 is 0 Å². The Morgan fingerprint density at radius 3 is 2.08 bits per heavy atom. The fourth-order valence-electron chi connectivity index (χ4n) is 3.73. The molecule has 2 atom stereocenters. The average molecular weight is 351 g/mol. The first-order valence-electron chi connectivity index (χ1n) is 9.47. The second-order valence-corrected chi connectivity index (χ2v) is 7.25. The Hall–Kier alpha value is -2.33. The molecule has 0 unspecified atom stereocenters. The molecule has 138 valence electrons. The normalized spacial score (nSPS) is 19.5. The van der Waals surface area contributed by atoms with Gasteiger partial charge >= 0.3 is 6.03 Å². The van der Waals surface area contributed by atoms with Gasteiger partial charge in [-0.1, -0.05) is 59.7 Å². The second kappa shape index (κ2) is 8.37. The number of hydrogen-bond acceptors (Lipinski definition) is 2. The van der Waals surface area contributed by atoms with Crippen molar-refractivity contribution in [1.29, 1.82) is 0 Å². The van der Waals surface area contributed by atoms with Crippen molar-refractivity contribution in [1.82, 2.24) is 16.0 Å². The third-order valence-electron chi connectivity index (χ3n) is 5.11. The van der Waals surface area contributed by atoms with Gasteiger partial charge in [-0.15, -0.1) is 0 Å². The number of carbonyl (C=O) groups is 1. The maximum Gasteiger partial charge on any atom is 0.315 e. The molecule has 4 heteroatoms. The molecule has 1 aliphatic heterocycles. The first kappa shape index (κ1) is 18.5. The Morgan fingerprint density at radius 2 is 1.58 bits per heavy atom. The van der Waals surface area contributed by atoms with Crippen LogP contribution < -0.4 is 16.0 Å². The third-order valence-corrected chi connectivity index (χ3v) is 5.11. The van der Waals surface area contributed by atoms with Crippen molar-refractivity contribution in [2.24, 2.45) is 0 Å². The number of aryl methyl sites for hydroxylation is 2. The molecule has 4 nitrogen and oxygen atoms in total. The highest BCUT2D eigenvalue weighted by Crippen LogP contribution is 2.32. The van der Waals surface area contributed by atoms with Gasteiger partial charge in [-0.25, -0.2) is 4.79 Å². The molecule has 2 aromatic carbocycles. The van der Waals surface area contributed by atoms with Crippen LogP contribution in [0.1, 0.15) is 41.5 Å². The van der Waals surface area contributed by atoms with Crippen LogP contribution in [0, 0.1) is 13.8 Å². The highest BCUT2D eigenvalue weighted by Gasteiger charge is 2.33. The summed E-state index contributed by atoms with van der Waals surface area (Å²) in [6.07, 6.45) is 0.920. The number of rotatable bonds is 5. The van der Waals surface area contributed by atoms with Crippen LogP contribution in [0.2, 0.25) is 0 Å². The van der Waals surface area contributed by atoms with E-state index in [0.29, 0.717) is 12.6 Å². The average Bonchev–Trinajstić information content (AvgIpc) is 3.06. The Balaban J connectivity index is 1.81. The molecule has 0 aromatic heterocycles. The molecule has 0 spiro atoms. The summed E-state index contributed by atoms with van der Waals surface area (Å²) in [6.45, 7) is 7.61. The molecular weight excluding hydrogens is 322 g/mol. The summed E-state index contributed by atoms with van der Waals surface area (Å²) in [7, 11) is 0. The van der Waals surface area contributed by atoms with Crippen molar-refractivity contribution < 1.29 is 4.79 Å². The number of nitrogens with one attached hydrogen (secondary N) is 3. The minimum atomic E-state index is -0.0813. The summed E-state index contributed by atoms with van der Waals surface area (Å²) in [5, 5.41) is 9.53. The zero-order chi connectivity index (χ0) is 18.5. The maximum atomic E-state index is 11.8. The van der Waals surface area contributed by atoms with E-state index in [2.05, 4.69) is 78.3 Å². The third kappa shape index (κ3) is 4.44. The van der Waals surface area contributed by atoms with E-state index in [9.17, 15) is 4.79 Å². The molecule has 2 amide bonds. The van der Waals surface area contributed by atoms with Crippen LogP contribution in [0.3, 0.4) is 0 Å². The van der Waals surface area contributed by atoms with Gasteiger partial charge in [0, 0.05) is 31.1 Å². The molecule has 1 heterocycles. The van der Waals surface area contributed by atoms with Gasteiger partial charge in [0.25, 0.3) is 0 Å². The van der Waals surface area contributed by atoms with Crippen molar-refractivity contribution in [3.05, 3.63) is 70.8 Å². The summed E-state index contributed by atoms with van der Waals surface area (Å²) < 4.78 is 0. The number of amides is 2. The SMILES string of the molecule is CCNC(=O)N[C@H]1CN[C@@H](C(c2ccc(C)cc2)c2ccc(C)cc2)C1. The van der Waals surface area contributed by atoms with E-state index in [-0.39, 0.29) is 18.0 Å². The molecule has 0 saturated carbocycles. The molecule has 0 aliphatic carbocycles. The lowest BCUT2D eigenvalue weighted by Gasteiger charge is -2.25. The van der Waals surface area contributed by atoms with Gasteiger partial charge < -0.3 is 16.0 Å². The fourth-order valence-corrected chi connectivity index (χ4v) is 3.73. The molecule has 3 rings (SSSR count). The van der Waals surface area contributed by atoms with Gasteiger partial charge in [0.05, 0.1) is 0 Å².